The van der Waals surface area contributed by atoms with Gasteiger partial charge < -0.3 is 15.8 Å². The van der Waals surface area contributed by atoms with Gasteiger partial charge in [-0.15, -0.1) is 24.8 Å². The summed E-state index contributed by atoms with van der Waals surface area (Å²) in [6.45, 7) is 0.111. The van der Waals surface area contributed by atoms with Gasteiger partial charge in [-0.3, -0.25) is 4.79 Å². The molecule has 4 nitrogen and oxygen atoms in total. The van der Waals surface area contributed by atoms with Gasteiger partial charge in [0.25, 0.3) is 0 Å². The molecule has 1 aromatic heterocycles. The van der Waals surface area contributed by atoms with E-state index in [9.17, 15) is 4.79 Å². The average Bonchev–Trinajstić information content (AvgIpc) is 2.03. The molecule has 76 valence electrons. The summed E-state index contributed by atoms with van der Waals surface area (Å²) in [6, 6.07) is 4.58. The number of hydrogen-bond donors (Lipinski definition) is 3. The Kier molecular flexibility index (Phi) is 7.95. The van der Waals surface area contributed by atoms with Gasteiger partial charge in [0.15, 0.2) is 0 Å². The lowest BCUT2D eigenvalue weighted by Gasteiger charge is -2.05. The van der Waals surface area contributed by atoms with Gasteiger partial charge in [-0.25, -0.2) is 0 Å². The van der Waals surface area contributed by atoms with Crippen molar-refractivity contribution in [2.24, 2.45) is 5.73 Å². The molecule has 0 bridgehead atoms. The van der Waals surface area contributed by atoms with Crippen LogP contribution in [-0.2, 0) is 0 Å². The van der Waals surface area contributed by atoms with Crippen LogP contribution < -0.4 is 11.3 Å². The van der Waals surface area contributed by atoms with E-state index in [1.165, 1.54) is 6.07 Å². The number of aliphatic hydroxyl groups excluding tert-OH is 1. The third-order valence-electron chi connectivity index (χ3n) is 1.37. The molecular weight excluding hydrogens is 215 g/mol. The number of hydrogen-bond acceptors (Lipinski definition) is 3. The van der Waals surface area contributed by atoms with Gasteiger partial charge in [0.2, 0.25) is 5.56 Å². The fraction of sp³-hybridized carbons (Fsp3) is 0.286. The molecule has 4 N–H and O–H groups in total. The maximum absolute atomic E-state index is 10.7. The van der Waals surface area contributed by atoms with Crippen LogP contribution >= 0.6 is 24.8 Å². The molecule has 0 amide bonds. The molecule has 0 radical (unpaired) electrons. The lowest BCUT2D eigenvalue weighted by molar-refractivity contribution is 0.181. The lowest BCUT2D eigenvalue weighted by Crippen LogP contribution is -2.16. The lowest BCUT2D eigenvalue weighted by atomic mass is 10.2. The molecule has 0 aliphatic heterocycles. The number of nitrogens with two attached hydrogens (primary N) is 1. The van der Waals surface area contributed by atoms with E-state index in [4.69, 9.17) is 10.8 Å². The summed E-state index contributed by atoms with van der Waals surface area (Å²) in [5, 5.41) is 9.16. The van der Waals surface area contributed by atoms with E-state index in [1.807, 2.05) is 0 Å². The molecule has 0 saturated heterocycles. The maximum Gasteiger partial charge on any atom is 0.248 e. The maximum atomic E-state index is 10.7. The van der Waals surface area contributed by atoms with Gasteiger partial charge in [-0.05, 0) is 6.07 Å². The first kappa shape index (κ1) is 14.9. The van der Waals surface area contributed by atoms with Crippen LogP contribution in [0.1, 0.15) is 11.8 Å². The predicted molar refractivity (Wildman–Crippen MR) is 55.6 cm³/mol. The first-order chi connectivity index (χ1) is 5.24. The van der Waals surface area contributed by atoms with E-state index < -0.39 is 6.10 Å². The zero-order chi connectivity index (χ0) is 8.27. The second-order valence-electron chi connectivity index (χ2n) is 2.22. The fourth-order valence-electron chi connectivity index (χ4n) is 0.786. The molecule has 0 fully saturated rings. The summed E-state index contributed by atoms with van der Waals surface area (Å²) in [7, 11) is 0. The number of aliphatic hydroxyl groups is 1. The third-order valence-corrected chi connectivity index (χ3v) is 1.37. The topological polar surface area (TPSA) is 79.1 Å². The van der Waals surface area contributed by atoms with E-state index in [0.717, 1.165) is 0 Å². The number of nitrogens with one attached hydrogen (secondary N) is 1. The average molecular weight is 227 g/mol. The van der Waals surface area contributed by atoms with Gasteiger partial charge in [0.1, 0.15) is 6.10 Å². The SMILES string of the molecule is Cl.Cl.NCC(O)c1cccc(=O)[nH]1. The van der Waals surface area contributed by atoms with Crippen molar-refractivity contribution < 1.29 is 5.11 Å². The number of H-pyrrole nitrogens is 1. The number of rotatable bonds is 2. The van der Waals surface area contributed by atoms with Crippen molar-refractivity contribution in [1.29, 1.82) is 0 Å². The molecular formula is C7H12Cl2N2O2. The molecule has 0 spiro atoms. The number of aromatic amines is 1. The fourth-order valence-corrected chi connectivity index (χ4v) is 0.786. The van der Waals surface area contributed by atoms with Crippen LogP contribution in [0.4, 0.5) is 0 Å². The van der Waals surface area contributed by atoms with Crippen molar-refractivity contribution in [3.05, 3.63) is 34.2 Å². The summed E-state index contributed by atoms with van der Waals surface area (Å²) >= 11 is 0. The molecule has 0 aromatic carbocycles. The highest BCUT2D eigenvalue weighted by Gasteiger charge is 2.03. The second-order valence-corrected chi connectivity index (χ2v) is 2.22. The molecule has 1 heterocycles. The smallest absolute Gasteiger partial charge is 0.248 e. The van der Waals surface area contributed by atoms with Crippen molar-refractivity contribution in [3.8, 4) is 0 Å². The molecule has 0 saturated carbocycles. The summed E-state index contributed by atoms with van der Waals surface area (Å²) in [5.74, 6) is 0. The van der Waals surface area contributed by atoms with E-state index >= 15 is 0 Å². The quantitative estimate of drug-likeness (QED) is 0.675. The van der Waals surface area contributed by atoms with E-state index in [2.05, 4.69) is 4.98 Å². The van der Waals surface area contributed by atoms with Crippen molar-refractivity contribution in [2.75, 3.05) is 6.54 Å². The summed E-state index contributed by atoms with van der Waals surface area (Å²) in [4.78, 5) is 13.2. The molecule has 1 aromatic rings. The van der Waals surface area contributed by atoms with E-state index in [-0.39, 0.29) is 36.9 Å². The van der Waals surface area contributed by atoms with Gasteiger partial charge in [0.05, 0.1) is 0 Å². The Hall–Kier alpha value is -0.550. The van der Waals surface area contributed by atoms with Crippen LogP contribution in [0, 0.1) is 0 Å². The Bertz CT molecular complexity index is 290. The molecule has 13 heavy (non-hydrogen) atoms. The Labute approximate surface area is 88.0 Å². The zero-order valence-electron chi connectivity index (χ0n) is 6.77. The van der Waals surface area contributed by atoms with Crippen molar-refractivity contribution >= 4 is 24.8 Å². The van der Waals surface area contributed by atoms with Gasteiger partial charge in [-0.2, -0.15) is 0 Å². The molecule has 1 unspecified atom stereocenters. The highest BCUT2D eigenvalue weighted by molar-refractivity contribution is 5.85. The Morgan fingerprint density at radius 2 is 2.08 bits per heavy atom. The molecule has 0 aliphatic rings. The van der Waals surface area contributed by atoms with Crippen molar-refractivity contribution in [2.45, 2.75) is 6.10 Å². The normalized spacial score (nSPS) is 10.9. The minimum absolute atomic E-state index is 0. The monoisotopic (exact) mass is 226 g/mol. The standard InChI is InChI=1S/C7H10N2O2.2ClH/c8-4-6(10)5-2-1-3-7(11)9-5;;/h1-3,6,10H,4,8H2,(H,9,11);2*1H. The minimum atomic E-state index is -0.774. The Morgan fingerprint density at radius 1 is 1.46 bits per heavy atom. The minimum Gasteiger partial charge on any atom is -0.386 e. The Morgan fingerprint density at radius 3 is 2.54 bits per heavy atom. The summed E-state index contributed by atoms with van der Waals surface area (Å²) in [5.41, 5.74) is 5.41. The van der Waals surface area contributed by atoms with Crippen LogP contribution in [0.5, 0.6) is 0 Å². The summed E-state index contributed by atoms with van der Waals surface area (Å²) < 4.78 is 0. The highest BCUT2D eigenvalue weighted by atomic mass is 35.5. The zero-order valence-corrected chi connectivity index (χ0v) is 8.40. The number of aromatic nitrogens is 1. The van der Waals surface area contributed by atoms with Crippen molar-refractivity contribution in [3.63, 3.8) is 0 Å². The number of pyridine rings is 1. The van der Waals surface area contributed by atoms with E-state index in [1.54, 1.807) is 12.1 Å². The molecule has 0 aliphatic carbocycles. The molecule has 1 atom stereocenters. The Balaban J connectivity index is 0. The molecule has 1 rings (SSSR count). The largest absolute Gasteiger partial charge is 0.386 e. The first-order valence-corrected chi connectivity index (χ1v) is 3.31. The van der Waals surface area contributed by atoms with Crippen molar-refractivity contribution in [1.82, 2.24) is 4.98 Å². The second kappa shape index (κ2) is 6.91. The van der Waals surface area contributed by atoms with Gasteiger partial charge in [-0.1, -0.05) is 6.07 Å². The van der Waals surface area contributed by atoms with E-state index in [0.29, 0.717) is 5.69 Å². The first-order valence-electron chi connectivity index (χ1n) is 3.31. The highest BCUT2D eigenvalue weighted by Crippen LogP contribution is 2.03. The molecule has 6 heteroatoms. The summed E-state index contributed by atoms with van der Waals surface area (Å²) in [6.07, 6.45) is -0.774. The van der Waals surface area contributed by atoms with Crippen LogP contribution in [0.2, 0.25) is 0 Å². The van der Waals surface area contributed by atoms with Gasteiger partial charge >= 0.3 is 0 Å². The van der Waals surface area contributed by atoms with Crippen LogP contribution in [0.3, 0.4) is 0 Å². The van der Waals surface area contributed by atoms with Crippen LogP contribution in [0.25, 0.3) is 0 Å². The predicted octanol–water partition coefficient (Wildman–Crippen LogP) is 0.211. The van der Waals surface area contributed by atoms with Gasteiger partial charge in [0, 0.05) is 18.3 Å². The number of halogens is 2. The van der Waals surface area contributed by atoms with Crippen LogP contribution in [0.15, 0.2) is 23.0 Å². The third kappa shape index (κ3) is 4.28. The van der Waals surface area contributed by atoms with Crippen LogP contribution in [-0.4, -0.2) is 16.6 Å².